The van der Waals surface area contributed by atoms with Crippen molar-refractivity contribution in [3.63, 3.8) is 0 Å². The number of nitrogens with two attached hydrogens (primary N) is 1. The van der Waals surface area contributed by atoms with Crippen LogP contribution in [0, 0.1) is 0 Å². The fraction of sp³-hybridized carbons (Fsp3) is 0.273. The molecule has 0 saturated carbocycles. The van der Waals surface area contributed by atoms with E-state index >= 15 is 0 Å². The number of rotatable bonds is 4. The standard InChI is InChI=1S/C11H14N4O/c1-2-8-4-3-5-9(6-8)16-7-10-13-11(12)15-14-10/h3-6H,2,7H2,1H3,(H3,12,13,14,15). The summed E-state index contributed by atoms with van der Waals surface area (Å²) in [6.45, 7) is 2.45. The van der Waals surface area contributed by atoms with Crippen molar-refractivity contribution in [3.05, 3.63) is 35.7 Å². The van der Waals surface area contributed by atoms with Crippen molar-refractivity contribution >= 4 is 5.95 Å². The first-order valence-electron chi connectivity index (χ1n) is 5.16. The molecule has 0 bridgehead atoms. The molecule has 0 spiro atoms. The third-order valence-electron chi connectivity index (χ3n) is 2.23. The molecule has 1 aromatic carbocycles. The monoisotopic (exact) mass is 218 g/mol. The minimum atomic E-state index is 0.237. The molecular weight excluding hydrogens is 204 g/mol. The smallest absolute Gasteiger partial charge is 0.239 e. The number of benzene rings is 1. The maximum atomic E-state index is 5.56. The van der Waals surface area contributed by atoms with E-state index in [9.17, 15) is 0 Å². The van der Waals surface area contributed by atoms with Gasteiger partial charge in [0.05, 0.1) is 0 Å². The Hall–Kier alpha value is -2.04. The number of nitrogen functional groups attached to an aromatic ring is 1. The molecule has 0 atom stereocenters. The molecule has 5 heteroatoms. The maximum absolute atomic E-state index is 5.56. The van der Waals surface area contributed by atoms with Gasteiger partial charge in [-0.2, -0.15) is 4.98 Å². The van der Waals surface area contributed by atoms with E-state index in [1.165, 1.54) is 5.56 Å². The Labute approximate surface area is 93.7 Å². The first kappa shape index (κ1) is 10.5. The van der Waals surface area contributed by atoms with Crippen LogP contribution in [0.2, 0.25) is 0 Å². The molecular formula is C11H14N4O. The highest BCUT2D eigenvalue weighted by atomic mass is 16.5. The van der Waals surface area contributed by atoms with E-state index in [4.69, 9.17) is 10.5 Å². The van der Waals surface area contributed by atoms with Gasteiger partial charge in [0.15, 0.2) is 5.82 Å². The second kappa shape index (κ2) is 4.65. The lowest BCUT2D eigenvalue weighted by Gasteiger charge is -2.05. The Morgan fingerprint density at radius 3 is 3.00 bits per heavy atom. The van der Waals surface area contributed by atoms with Crippen LogP contribution in [0.15, 0.2) is 24.3 Å². The highest BCUT2D eigenvalue weighted by Gasteiger charge is 2.01. The molecule has 2 rings (SSSR count). The van der Waals surface area contributed by atoms with Crippen LogP contribution in [0.4, 0.5) is 5.95 Å². The topological polar surface area (TPSA) is 76.8 Å². The van der Waals surface area contributed by atoms with Gasteiger partial charge in [-0.15, -0.1) is 5.10 Å². The van der Waals surface area contributed by atoms with Crippen molar-refractivity contribution in [2.45, 2.75) is 20.0 Å². The molecule has 1 aromatic heterocycles. The number of nitrogens with zero attached hydrogens (tertiary/aromatic N) is 2. The number of hydrogen-bond donors (Lipinski definition) is 2. The zero-order valence-corrected chi connectivity index (χ0v) is 9.10. The van der Waals surface area contributed by atoms with Crippen molar-refractivity contribution < 1.29 is 4.74 Å². The molecule has 0 amide bonds. The van der Waals surface area contributed by atoms with Gasteiger partial charge in [-0.05, 0) is 24.1 Å². The summed E-state index contributed by atoms with van der Waals surface area (Å²) in [7, 11) is 0. The van der Waals surface area contributed by atoms with Crippen LogP contribution in [0.3, 0.4) is 0 Å². The lowest BCUT2D eigenvalue weighted by atomic mass is 10.2. The van der Waals surface area contributed by atoms with Crippen LogP contribution in [-0.2, 0) is 13.0 Å². The number of ether oxygens (including phenoxy) is 1. The lowest BCUT2D eigenvalue weighted by Crippen LogP contribution is -1.98. The second-order valence-corrected chi connectivity index (χ2v) is 3.43. The zero-order valence-electron chi connectivity index (χ0n) is 9.10. The normalized spacial score (nSPS) is 10.3. The average molecular weight is 218 g/mol. The van der Waals surface area contributed by atoms with E-state index < -0.39 is 0 Å². The number of anilines is 1. The molecule has 0 unspecified atom stereocenters. The van der Waals surface area contributed by atoms with Gasteiger partial charge in [0.1, 0.15) is 12.4 Å². The summed E-state index contributed by atoms with van der Waals surface area (Å²) in [6, 6.07) is 7.97. The van der Waals surface area contributed by atoms with E-state index in [2.05, 4.69) is 28.2 Å². The van der Waals surface area contributed by atoms with Gasteiger partial charge in [-0.25, -0.2) is 0 Å². The summed E-state index contributed by atoms with van der Waals surface area (Å²) in [5.41, 5.74) is 6.63. The Bertz CT molecular complexity index is 467. The van der Waals surface area contributed by atoms with Crippen LogP contribution in [-0.4, -0.2) is 15.2 Å². The molecule has 0 aliphatic heterocycles. The third-order valence-corrected chi connectivity index (χ3v) is 2.23. The van der Waals surface area contributed by atoms with E-state index in [1.807, 2.05) is 18.2 Å². The molecule has 0 aliphatic carbocycles. The number of nitrogens with one attached hydrogen (secondary N) is 1. The second-order valence-electron chi connectivity index (χ2n) is 3.43. The fourth-order valence-electron chi connectivity index (χ4n) is 1.38. The van der Waals surface area contributed by atoms with Crippen LogP contribution in [0.25, 0.3) is 0 Å². The van der Waals surface area contributed by atoms with Crippen LogP contribution >= 0.6 is 0 Å². The number of aromatic amines is 1. The van der Waals surface area contributed by atoms with E-state index in [-0.39, 0.29) is 5.95 Å². The van der Waals surface area contributed by atoms with Gasteiger partial charge < -0.3 is 10.5 Å². The summed E-state index contributed by atoms with van der Waals surface area (Å²) in [6.07, 6.45) is 0.993. The molecule has 0 fully saturated rings. The summed E-state index contributed by atoms with van der Waals surface area (Å²) in [5.74, 6) is 1.69. The number of H-pyrrole nitrogens is 1. The highest BCUT2D eigenvalue weighted by molar-refractivity contribution is 5.28. The van der Waals surface area contributed by atoms with E-state index in [0.717, 1.165) is 12.2 Å². The summed E-state index contributed by atoms with van der Waals surface area (Å²) >= 11 is 0. The Kier molecular flexibility index (Phi) is 3.05. The highest BCUT2D eigenvalue weighted by Crippen LogP contribution is 2.14. The largest absolute Gasteiger partial charge is 0.486 e. The fourth-order valence-corrected chi connectivity index (χ4v) is 1.38. The van der Waals surface area contributed by atoms with E-state index in [1.54, 1.807) is 0 Å². The SMILES string of the molecule is CCc1cccc(OCc2nc(N)n[nH]2)c1. The number of aromatic nitrogens is 3. The number of aryl methyl sites for hydroxylation is 1. The van der Waals surface area contributed by atoms with Crippen molar-refractivity contribution in [1.82, 2.24) is 15.2 Å². The molecule has 1 heterocycles. The van der Waals surface area contributed by atoms with Gasteiger partial charge in [-0.3, -0.25) is 5.10 Å². The average Bonchev–Trinajstić information content (AvgIpc) is 2.73. The van der Waals surface area contributed by atoms with Crippen molar-refractivity contribution in [2.24, 2.45) is 0 Å². The van der Waals surface area contributed by atoms with Gasteiger partial charge in [-0.1, -0.05) is 19.1 Å². The van der Waals surface area contributed by atoms with Crippen LogP contribution in [0.1, 0.15) is 18.3 Å². The Morgan fingerprint density at radius 1 is 1.44 bits per heavy atom. The van der Waals surface area contributed by atoms with Crippen LogP contribution in [0.5, 0.6) is 5.75 Å². The zero-order chi connectivity index (χ0) is 11.4. The summed E-state index contributed by atoms with van der Waals surface area (Å²) < 4.78 is 5.56. The molecule has 0 radical (unpaired) electrons. The maximum Gasteiger partial charge on any atom is 0.239 e. The molecule has 2 aromatic rings. The van der Waals surface area contributed by atoms with Gasteiger partial charge >= 0.3 is 0 Å². The molecule has 84 valence electrons. The molecule has 0 aliphatic rings. The molecule has 3 N–H and O–H groups in total. The summed E-state index contributed by atoms with van der Waals surface area (Å²) in [5, 5.41) is 6.42. The summed E-state index contributed by atoms with van der Waals surface area (Å²) in [4.78, 5) is 3.95. The van der Waals surface area contributed by atoms with Crippen LogP contribution < -0.4 is 10.5 Å². The van der Waals surface area contributed by atoms with Crippen molar-refractivity contribution in [3.8, 4) is 5.75 Å². The predicted molar refractivity (Wildman–Crippen MR) is 60.9 cm³/mol. The van der Waals surface area contributed by atoms with E-state index in [0.29, 0.717) is 12.4 Å². The minimum absolute atomic E-state index is 0.237. The van der Waals surface area contributed by atoms with Crippen molar-refractivity contribution in [2.75, 3.05) is 5.73 Å². The van der Waals surface area contributed by atoms with Gasteiger partial charge in [0.25, 0.3) is 0 Å². The predicted octanol–water partition coefficient (Wildman–Crippen LogP) is 1.53. The molecule has 5 nitrogen and oxygen atoms in total. The third kappa shape index (κ3) is 2.50. The minimum Gasteiger partial charge on any atom is -0.486 e. The number of hydrogen-bond acceptors (Lipinski definition) is 4. The van der Waals surface area contributed by atoms with Crippen molar-refractivity contribution in [1.29, 1.82) is 0 Å². The van der Waals surface area contributed by atoms with Gasteiger partial charge in [0, 0.05) is 0 Å². The quantitative estimate of drug-likeness (QED) is 0.815. The first-order chi connectivity index (χ1) is 7.78. The first-order valence-corrected chi connectivity index (χ1v) is 5.16. The molecule has 16 heavy (non-hydrogen) atoms. The Balaban J connectivity index is 1.99. The van der Waals surface area contributed by atoms with Gasteiger partial charge in [0.2, 0.25) is 5.95 Å². The molecule has 0 saturated heterocycles. The Morgan fingerprint density at radius 2 is 2.31 bits per heavy atom. The lowest BCUT2D eigenvalue weighted by molar-refractivity contribution is 0.296.